The summed E-state index contributed by atoms with van der Waals surface area (Å²) in [5.74, 6) is -1.86. The van der Waals surface area contributed by atoms with Crippen LogP contribution in [-0.2, 0) is 14.3 Å². The largest absolute Gasteiger partial charge is 0.444 e. The number of ether oxygens (including phenoxy) is 1. The van der Waals surface area contributed by atoms with E-state index in [4.69, 9.17) is 10.00 Å². The van der Waals surface area contributed by atoms with Gasteiger partial charge in [-0.05, 0) is 33.3 Å². The molecule has 0 saturated carbocycles. The van der Waals surface area contributed by atoms with Crippen molar-refractivity contribution in [3.63, 3.8) is 0 Å². The van der Waals surface area contributed by atoms with Gasteiger partial charge in [-0.3, -0.25) is 14.9 Å². The van der Waals surface area contributed by atoms with Crippen molar-refractivity contribution in [1.29, 1.82) is 5.26 Å². The third-order valence-corrected chi connectivity index (χ3v) is 4.24. The molecular weight excluding hydrogens is 350 g/mol. The van der Waals surface area contributed by atoms with Gasteiger partial charge >= 0.3 is 5.97 Å². The van der Waals surface area contributed by atoms with Crippen LogP contribution >= 0.6 is 0 Å². The van der Waals surface area contributed by atoms with Gasteiger partial charge in [0.1, 0.15) is 6.07 Å². The van der Waals surface area contributed by atoms with Crippen LogP contribution in [0.1, 0.15) is 39.2 Å². The predicted molar refractivity (Wildman–Crippen MR) is 96.2 cm³/mol. The molecule has 0 fully saturated rings. The molecule has 2 rings (SSSR count). The topological polar surface area (TPSA) is 122 Å². The molecule has 2 unspecified atom stereocenters. The molecule has 140 valence electrons. The maximum absolute atomic E-state index is 12.7. The minimum atomic E-state index is -0.976. The number of hydrogen-bond acceptors (Lipinski definition) is 7. The molecule has 0 aromatic heterocycles. The first-order valence-electron chi connectivity index (χ1n) is 8.21. The second-order valence-electron chi connectivity index (χ2n) is 6.22. The van der Waals surface area contributed by atoms with Gasteiger partial charge in [0.05, 0.1) is 10.5 Å². The first-order chi connectivity index (χ1) is 12.7. The number of nitrogens with zero attached hydrogens (tertiary/aromatic N) is 2. The lowest BCUT2D eigenvalue weighted by Crippen LogP contribution is -2.32. The number of nitro groups is 1. The molecular formula is C19H19N3O5. The van der Waals surface area contributed by atoms with Crippen molar-refractivity contribution in [2.24, 2.45) is 0 Å². The Hall–Kier alpha value is -3.47. The van der Waals surface area contributed by atoms with Crippen molar-refractivity contribution in [1.82, 2.24) is 5.32 Å². The number of non-ortho nitro benzene ring substituents is 1. The molecule has 0 spiro atoms. The monoisotopic (exact) mass is 369 g/mol. The number of rotatable bonds is 5. The van der Waals surface area contributed by atoms with Crippen LogP contribution in [0.25, 0.3) is 0 Å². The van der Waals surface area contributed by atoms with Crippen molar-refractivity contribution in [2.45, 2.75) is 39.7 Å². The summed E-state index contributed by atoms with van der Waals surface area (Å²) >= 11 is 0. The first kappa shape index (κ1) is 19.8. The summed E-state index contributed by atoms with van der Waals surface area (Å²) in [7, 11) is 0. The second-order valence-corrected chi connectivity index (χ2v) is 6.22. The Morgan fingerprint density at radius 2 is 1.93 bits per heavy atom. The maximum atomic E-state index is 12.7. The molecule has 0 bridgehead atoms. The highest BCUT2D eigenvalue weighted by molar-refractivity contribution is 6.02. The minimum absolute atomic E-state index is 0.147. The summed E-state index contributed by atoms with van der Waals surface area (Å²) < 4.78 is 5.14. The number of carbonyl (C=O) groups is 2. The van der Waals surface area contributed by atoms with Crippen molar-refractivity contribution < 1.29 is 19.2 Å². The molecule has 1 aliphatic rings. The minimum Gasteiger partial charge on any atom is -0.444 e. The number of Topliss-reactive ketones (excluding diaryl/α,β-unsaturated/α-hetero) is 1. The zero-order chi connectivity index (χ0) is 20.3. The average molecular weight is 369 g/mol. The predicted octanol–water partition coefficient (Wildman–Crippen LogP) is 2.87. The van der Waals surface area contributed by atoms with Crippen LogP contribution in [0.15, 0.2) is 46.8 Å². The second kappa shape index (κ2) is 7.83. The van der Waals surface area contributed by atoms with Crippen LogP contribution in [0.5, 0.6) is 0 Å². The van der Waals surface area contributed by atoms with Gasteiger partial charge in [-0.15, -0.1) is 0 Å². The number of nitriles is 1. The molecule has 0 saturated heterocycles. The summed E-state index contributed by atoms with van der Waals surface area (Å²) in [6.07, 6.45) is -0.976. The Bertz CT molecular complexity index is 924. The quantitative estimate of drug-likeness (QED) is 0.481. The average Bonchev–Trinajstić information content (AvgIpc) is 2.60. The number of benzene rings is 1. The fourth-order valence-electron chi connectivity index (χ4n) is 3.13. The van der Waals surface area contributed by atoms with Crippen LogP contribution in [0, 0.1) is 21.4 Å². The lowest BCUT2D eigenvalue weighted by molar-refractivity contribution is -0.384. The number of ketones is 1. The van der Waals surface area contributed by atoms with E-state index < -0.39 is 22.9 Å². The Balaban J connectivity index is 2.66. The maximum Gasteiger partial charge on any atom is 0.338 e. The van der Waals surface area contributed by atoms with Crippen LogP contribution in [0.2, 0.25) is 0 Å². The van der Waals surface area contributed by atoms with Crippen molar-refractivity contribution in [3.8, 4) is 6.07 Å². The van der Waals surface area contributed by atoms with Crippen LogP contribution in [-0.4, -0.2) is 22.8 Å². The summed E-state index contributed by atoms with van der Waals surface area (Å²) in [4.78, 5) is 35.6. The molecule has 8 nitrogen and oxygen atoms in total. The number of allylic oxidation sites excluding steroid dienone is 3. The number of nitrogens with one attached hydrogen (secondary N) is 1. The summed E-state index contributed by atoms with van der Waals surface area (Å²) in [6.45, 7) is 6.15. The van der Waals surface area contributed by atoms with E-state index in [0.717, 1.165) is 0 Å². The number of esters is 1. The van der Waals surface area contributed by atoms with Gasteiger partial charge in [0, 0.05) is 35.0 Å². The van der Waals surface area contributed by atoms with Gasteiger partial charge in [-0.2, -0.15) is 5.26 Å². The van der Waals surface area contributed by atoms with Crippen LogP contribution in [0.4, 0.5) is 5.69 Å². The van der Waals surface area contributed by atoms with E-state index in [0.29, 0.717) is 22.5 Å². The van der Waals surface area contributed by atoms with E-state index in [9.17, 15) is 19.7 Å². The number of dihydropyridines is 1. The summed E-state index contributed by atoms with van der Waals surface area (Å²) in [5, 5.41) is 23.1. The van der Waals surface area contributed by atoms with Gasteiger partial charge < -0.3 is 10.1 Å². The number of carbonyl (C=O) groups excluding carboxylic acids is 2. The third kappa shape index (κ3) is 4.03. The standard InChI is InChI=1S/C19H19N3O5/c1-10(9-20)27-19(24)17-12(3)21-11(2)16(13(4)23)18(17)14-6-5-7-15(8-14)22(25)26/h5-8,10,18,21H,1-4H3. The lowest BCUT2D eigenvalue weighted by Gasteiger charge is -2.30. The molecule has 0 amide bonds. The Morgan fingerprint density at radius 3 is 2.48 bits per heavy atom. The van der Waals surface area contributed by atoms with Gasteiger partial charge in [0.2, 0.25) is 0 Å². The lowest BCUT2D eigenvalue weighted by atomic mass is 9.79. The smallest absolute Gasteiger partial charge is 0.338 e. The summed E-state index contributed by atoms with van der Waals surface area (Å²) in [6, 6.07) is 7.60. The molecule has 1 aromatic carbocycles. The van der Waals surface area contributed by atoms with E-state index in [2.05, 4.69) is 5.32 Å². The van der Waals surface area contributed by atoms with Gasteiger partial charge in [0.25, 0.3) is 5.69 Å². The molecule has 27 heavy (non-hydrogen) atoms. The molecule has 8 heteroatoms. The Morgan fingerprint density at radius 1 is 1.30 bits per heavy atom. The van der Waals surface area contributed by atoms with Gasteiger partial charge in [0.15, 0.2) is 11.9 Å². The Labute approximate surface area is 156 Å². The highest BCUT2D eigenvalue weighted by Gasteiger charge is 2.36. The normalized spacial score (nSPS) is 17.7. The van der Waals surface area contributed by atoms with E-state index in [1.165, 1.54) is 32.0 Å². The molecule has 0 radical (unpaired) electrons. The zero-order valence-electron chi connectivity index (χ0n) is 15.4. The van der Waals surface area contributed by atoms with Gasteiger partial charge in [-0.1, -0.05) is 12.1 Å². The van der Waals surface area contributed by atoms with Crippen LogP contribution < -0.4 is 5.32 Å². The first-order valence-corrected chi connectivity index (χ1v) is 8.21. The molecule has 1 aliphatic heterocycles. The zero-order valence-corrected chi connectivity index (χ0v) is 15.4. The van der Waals surface area contributed by atoms with Crippen molar-refractivity contribution in [2.75, 3.05) is 0 Å². The fourth-order valence-corrected chi connectivity index (χ4v) is 3.13. The number of hydrogen-bond donors (Lipinski definition) is 1. The van der Waals surface area contributed by atoms with E-state index in [1.54, 1.807) is 19.9 Å². The van der Waals surface area contributed by atoms with E-state index >= 15 is 0 Å². The SMILES string of the molecule is CC(=O)C1=C(C)NC(C)=C(C(=O)OC(C)C#N)C1c1cccc([N+](=O)[O-])c1. The fraction of sp³-hybridized carbons (Fsp3) is 0.316. The Kier molecular flexibility index (Phi) is 5.75. The molecule has 1 N–H and O–H groups in total. The molecule has 2 atom stereocenters. The summed E-state index contributed by atoms with van der Waals surface area (Å²) in [5.41, 5.74) is 1.75. The third-order valence-electron chi connectivity index (χ3n) is 4.24. The highest BCUT2D eigenvalue weighted by atomic mass is 16.6. The number of nitro benzene ring substituents is 1. The molecule has 0 aliphatic carbocycles. The van der Waals surface area contributed by atoms with Crippen molar-refractivity contribution in [3.05, 3.63) is 62.5 Å². The molecule has 1 heterocycles. The van der Waals surface area contributed by atoms with E-state index in [1.807, 2.05) is 6.07 Å². The van der Waals surface area contributed by atoms with E-state index in [-0.39, 0.29) is 17.0 Å². The van der Waals surface area contributed by atoms with Crippen LogP contribution in [0.3, 0.4) is 0 Å². The highest BCUT2D eigenvalue weighted by Crippen LogP contribution is 2.40. The van der Waals surface area contributed by atoms with Crippen molar-refractivity contribution >= 4 is 17.4 Å². The molecule has 1 aromatic rings. The van der Waals surface area contributed by atoms with Gasteiger partial charge in [-0.25, -0.2) is 4.79 Å².